The highest BCUT2D eigenvalue weighted by Crippen LogP contribution is 2.64. The second-order valence-corrected chi connectivity index (χ2v) is 16.7. The van der Waals surface area contributed by atoms with Crippen molar-refractivity contribution < 1.29 is 0 Å². The van der Waals surface area contributed by atoms with E-state index in [4.69, 9.17) is 0 Å². The SMILES string of the molecule is Cc1ccc(N2c3cccc4c3B(c3ccccc3N4c3ccccc3)c3sc4cc5c(cc4c32)-c2ccccc2C52c3ccccc3-c3ccccc32)cc1. The smallest absolute Gasteiger partial charge is 0.264 e. The molecule has 0 amide bonds. The van der Waals surface area contributed by atoms with E-state index in [1.54, 1.807) is 0 Å². The zero-order valence-electron chi connectivity index (χ0n) is 30.7. The molecule has 9 aromatic rings. The van der Waals surface area contributed by atoms with Crippen LogP contribution >= 0.6 is 11.3 Å². The Balaban J connectivity index is 1.14. The van der Waals surface area contributed by atoms with Crippen LogP contribution in [0.5, 0.6) is 0 Å². The minimum absolute atomic E-state index is 0.0930. The van der Waals surface area contributed by atoms with Crippen molar-refractivity contribution in [1.29, 1.82) is 0 Å². The number of benzene rings is 8. The van der Waals surface area contributed by atoms with Gasteiger partial charge in [0.1, 0.15) is 0 Å². The summed E-state index contributed by atoms with van der Waals surface area (Å²) < 4.78 is 2.73. The third-order valence-corrected chi connectivity index (χ3v) is 14.1. The molecule has 260 valence electrons. The maximum atomic E-state index is 2.58. The maximum Gasteiger partial charge on any atom is 0.264 e. The zero-order chi connectivity index (χ0) is 36.7. The van der Waals surface area contributed by atoms with Crippen LogP contribution in [0.1, 0.15) is 27.8 Å². The van der Waals surface area contributed by atoms with Crippen molar-refractivity contribution >= 4 is 78.0 Å². The number of rotatable bonds is 2. The first-order valence-electron chi connectivity index (χ1n) is 19.6. The van der Waals surface area contributed by atoms with Gasteiger partial charge in [0.05, 0.1) is 11.1 Å². The number of hydrogen-bond donors (Lipinski definition) is 0. The van der Waals surface area contributed by atoms with E-state index < -0.39 is 0 Å². The molecule has 0 radical (unpaired) electrons. The third-order valence-electron chi connectivity index (χ3n) is 12.9. The Labute approximate surface area is 330 Å². The van der Waals surface area contributed by atoms with Crippen LogP contribution in [0.3, 0.4) is 0 Å². The fraction of sp³-hybridized carbons (Fsp3) is 0.0385. The molecule has 0 bridgehead atoms. The molecule has 0 N–H and O–H groups in total. The molecule has 2 aliphatic carbocycles. The molecule has 56 heavy (non-hydrogen) atoms. The molecular formula is C52H33BN2S. The number of thiophene rings is 1. The van der Waals surface area contributed by atoms with Crippen molar-refractivity contribution in [3.05, 3.63) is 210 Å². The lowest BCUT2D eigenvalue weighted by atomic mass is 9.36. The second-order valence-electron chi connectivity index (χ2n) is 15.6. The molecule has 3 heterocycles. The van der Waals surface area contributed by atoms with Gasteiger partial charge >= 0.3 is 0 Å². The molecule has 0 unspecified atom stereocenters. The summed E-state index contributed by atoms with van der Waals surface area (Å²) in [4.78, 5) is 5.05. The molecule has 4 aliphatic rings. The average molecular weight is 729 g/mol. The summed E-state index contributed by atoms with van der Waals surface area (Å²) in [5.41, 5.74) is 21.9. The standard InChI is InChI=1S/C52H33BN2S/c1-32-26-28-34(29-27-32)55-47-25-13-24-46-49(47)53(44-22-11-12-23-45(44)54(46)33-14-3-2-4-15-33)51-50(55)39-30-38-37-18-7-10-21-42(37)52(43(38)31-48(39)56-51)40-19-8-5-16-35(40)36-17-6-9-20-41(36)52/h2-31H,1H3. The molecule has 2 aliphatic heterocycles. The topological polar surface area (TPSA) is 6.48 Å². The number of fused-ring (bicyclic) bond motifs is 16. The quantitative estimate of drug-likeness (QED) is 0.164. The molecule has 1 spiro atoms. The zero-order valence-corrected chi connectivity index (χ0v) is 31.5. The average Bonchev–Trinajstić information content (AvgIpc) is 3.87. The number of nitrogens with zero attached hydrogens (tertiary/aromatic N) is 2. The third kappa shape index (κ3) is 3.73. The van der Waals surface area contributed by atoms with E-state index in [-0.39, 0.29) is 12.1 Å². The summed E-state index contributed by atoms with van der Waals surface area (Å²) in [5.74, 6) is 0. The minimum atomic E-state index is -0.377. The summed E-state index contributed by atoms with van der Waals surface area (Å²) >= 11 is 1.99. The molecule has 0 fully saturated rings. The van der Waals surface area contributed by atoms with Gasteiger partial charge in [-0.05, 0) is 117 Å². The van der Waals surface area contributed by atoms with E-state index >= 15 is 0 Å². The van der Waals surface area contributed by atoms with Gasteiger partial charge in [0.25, 0.3) is 6.71 Å². The van der Waals surface area contributed by atoms with Gasteiger partial charge in [-0.2, -0.15) is 0 Å². The van der Waals surface area contributed by atoms with Crippen molar-refractivity contribution in [3.63, 3.8) is 0 Å². The van der Waals surface area contributed by atoms with Gasteiger partial charge in [0, 0.05) is 43.3 Å². The lowest BCUT2D eigenvalue weighted by molar-refractivity contribution is 0.795. The first-order valence-corrected chi connectivity index (χ1v) is 20.4. The molecule has 4 heteroatoms. The number of para-hydroxylation sites is 2. The van der Waals surface area contributed by atoms with Crippen molar-refractivity contribution in [2.45, 2.75) is 12.3 Å². The van der Waals surface area contributed by atoms with Crippen molar-refractivity contribution in [1.82, 2.24) is 0 Å². The Kier molecular flexibility index (Phi) is 6.03. The van der Waals surface area contributed by atoms with Crippen molar-refractivity contribution in [2.75, 3.05) is 9.80 Å². The van der Waals surface area contributed by atoms with Crippen molar-refractivity contribution in [2.24, 2.45) is 0 Å². The largest absolute Gasteiger partial charge is 0.311 e. The first-order chi connectivity index (χ1) is 27.7. The van der Waals surface area contributed by atoms with E-state index in [2.05, 4.69) is 199 Å². The van der Waals surface area contributed by atoms with E-state index in [0.29, 0.717) is 0 Å². The number of anilines is 6. The van der Waals surface area contributed by atoms with Gasteiger partial charge in [-0.15, -0.1) is 11.3 Å². The lowest BCUT2D eigenvalue weighted by Crippen LogP contribution is -2.60. The Hall–Kier alpha value is -6.62. The predicted octanol–water partition coefficient (Wildman–Crippen LogP) is 11.6. The Morgan fingerprint density at radius 1 is 0.464 bits per heavy atom. The number of hydrogen-bond acceptors (Lipinski definition) is 3. The number of aryl methyl sites for hydroxylation is 1. The highest BCUT2D eigenvalue weighted by Gasteiger charge is 2.52. The minimum Gasteiger partial charge on any atom is -0.311 e. The molecule has 0 atom stereocenters. The van der Waals surface area contributed by atoms with Gasteiger partial charge in [0.2, 0.25) is 0 Å². The molecule has 2 nitrogen and oxygen atoms in total. The fourth-order valence-corrected chi connectivity index (χ4v) is 12.1. The van der Waals surface area contributed by atoms with E-state index in [9.17, 15) is 0 Å². The summed E-state index contributed by atoms with van der Waals surface area (Å²) in [5, 5.41) is 1.31. The summed E-state index contributed by atoms with van der Waals surface area (Å²) in [6, 6.07) is 68.5. The van der Waals surface area contributed by atoms with Crippen LogP contribution < -0.4 is 25.5 Å². The Bertz CT molecular complexity index is 3080. The van der Waals surface area contributed by atoms with Crippen LogP contribution in [0.2, 0.25) is 0 Å². The van der Waals surface area contributed by atoms with Gasteiger partial charge in [-0.1, -0.05) is 133 Å². The van der Waals surface area contributed by atoms with Crippen molar-refractivity contribution in [3.8, 4) is 22.3 Å². The molecule has 13 rings (SSSR count). The first kappa shape index (κ1) is 30.7. The highest BCUT2D eigenvalue weighted by atomic mass is 32.1. The van der Waals surface area contributed by atoms with Gasteiger partial charge < -0.3 is 9.80 Å². The summed E-state index contributed by atoms with van der Waals surface area (Å²) in [6.07, 6.45) is 0. The van der Waals surface area contributed by atoms with E-state index in [1.807, 2.05) is 11.3 Å². The van der Waals surface area contributed by atoms with Crippen LogP contribution in [0.4, 0.5) is 34.1 Å². The van der Waals surface area contributed by atoms with E-state index in [1.165, 1.54) is 110 Å². The van der Waals surface area contributed by atoms with Crippen LogP contribution in [0, 0.1) is 6.92 Å². The molecule has 0 saturated carbocycles. The maximum absolute atomic E-state index is 2.58. The summed E-state index contributed by atoms with van der Waals surface area (Å²) in [7, 11) is 0. The van der Waals surface area contributed by atoms with Crippen LogP contribution in [-0.2, 0) is 5.41 Å². The van der Waals surface area contributed by atoms with E-state index in [0.717, 1.165) is 0 Å². The monoisotopic (exact) mass is 728 g/mol. The van der Waals surface area contributed by atoms with Gasteiger partial charge in [-0.25, -0.2) is 0 Å². The van der Waals surface area contributed by atoms with Gasteiger partial charge in [0.15, 0.2) is 0 Å². The Morgan fingerprint density at radius 3 is 1.71 bits per heavy atom. The highest BCUT2D eigenvalue weighted by molar-refractivity contribution is 7.33. The Morgan fingerprint density at radius 2 is 1.02 bits per heavy atom. The lowest BCUT2D eigenvalue weighted by Gasteiger charge is -2.43. The van der Waals surface area contributed by atoms with Crippen LogP contribution in [0.25, 0.3) is 32.3 Å². The second kappa shape index (κ2) is 11.0. The summed E-state index contributed by atoms with van der Waals surface area (Å²) in [6.45, 7) is 2.27. The molecular weight excluding hydrogens is 695 g/mol. The predicted molar refractivity (Wildman–Crippen MR) is 237 cm³/mol. The molecule has 1 aromatic heterocycles. The fourth-order valence-electron chi connectivity index (χ4n) is 10.8. The van der Waals surface area contributed by atoms with Gasteiger partial charge in [-0.3, -0.25) is 0 Å². The van der Waals surface area contributed by atoms with Crippen LogP contribution in [-0.4, -0.2) is 6.71 Å². The molecule has 8 aromatic carbocycles. The van der Waals surface area contributed by atoms with Crippen LogP contribution in [0.15, 0.2) is 182 Å². The normalized spacial score (nSPS) is 14.6. The molecule has 0 saturated heterocycles.